The molecule has 6 nitrogen and oxygen atoms in total. The summed E-state index contributed by atoms with van der Waals surface area (Å²) in [5.74, 6) is -0.663. The highest BCUT2D eigenvalue weighted by atomic mass is 35.5. The van der Waals surface area contributed by atoms with Crippen molar-refractivity contribution in [3.05, 3.63) is 83.0 Å². The number of hydrogen-bond donors (Lipinski definition) is 1. The molecule has 36 heavy (non-hydrogen) atoms. The molecule has 0 fully saturated rings. The summed E-state index contributed by atoms with van der Waals surface area (Å²) in [5, 5.41) is 5.04. The van der Waals surface area contributed by atoms with Crippen LogP contribution in [0, 0.1) is 0 Å². The highest BCUT2D eigenvalue weighted by molar-refractivity contribution is 7.15. The molecule has 2 heterocycles. The first kappa shape index (κ1) is 25.2. The van der Waals surface area contributed by atoms with Crippen LogP contribution in [0.4, 0.5) is 23.9 Å². The lowest BCUT2D eigenvalue weighted by Crippen LogP contribution is -2.27. The number of amides is 2. The molecule has 1 N–H and O–H groups in total. The van der Waals surface area contributed by atoms with E-state index in [1.807, 2.05) is 0 Å². The summed E-state index contributed by atoms with van der Waals surface area (Å²) in [4.78, 5) is 30.0. The van der Waals surface area contributed by atoms with Gasteiger partial charge in [0.15, 0.2) is 0 Å². The minimum atomic E-state index is -4.76. The molecular weight excluding hydrogens is 515 g/mol. The standard InChI is InChI=1S/C25H17ClF3N3O3S/c1-32(18-8-11-21(26)30-12-18)24(34)22-20(13-36-23(22)31-14-33)17-4-2-15(3-5-17)16-6-9-19(10-7-16)35-25(27,28)29/h2-14H,1H3,(H,31,33). The first-order chi connectivity index (χ1) is 17.2. The summed E-state index contributed by atoms with van der Waals surface area (Å²) in [6.45, 7) is 0. The van der Waals surface area contributed by atoms with Crippen molar-refractivity contribution in [1.82, 2.24) is 4.98 Å². The van der Waals surface area contributed by atoms with E-state index >= 15 is 0 Å². The lowest BCUT2D eigenvalue weighted by atomic mass is 9.99. The van der Waals surface area contributed by atoms with Gasteiger partial charge in [-0.1, -0.05) is 48.0 Å². The maximum absolute atomic E-state index is 13.4. The monoisotopic (exact) mass is 531 g/mol. The van der Waals surface area contributed by atoms with E-state index < -0.39 is 6.36 Å². The number of alkyl halides is 3. The highest BCUT2D eigenvalue weighted by Crippen LogP contribution is 2.38. The zero-order chi connectivity index (χ0) is 25.9. The van der Waals surface area contributed by atoms with Crippen LogP contribution in [0.25, 0.3) is 22.3 Å². The van der Waals surface area contributed by atoms with Crippen molar-refractivity contribution in [2.45, 2.75) is 6.36 Å². The number of ether oxygens (including phenoxy) is 1. The number of halogens is 4. The minimum Gasteiger partial charge on any atom is -0.406 e. The van der Waals surface area contributed by atoms with Gasteiger partial charge in [0.25, 0.3) is 5.91 Å². The number of nitrogens with zero attached hydrogens (tertiary/aromatic N) is 2. The van der Waals surface area contributed by atoms with Gasteiger partial charge in [-0.25, -0.2) is 4.98 Å². The molecule has 0 unspecified atom stereocenters. The Bertz CT molecular complexity index is 1370. The smallest absolute Gasteiger partial charge is 0.406 e. The fourth-order valence-electron chi connectivity index (χ4n) is 3.49. The van der Waals surface area contributed by atoms with Crippen molar-refractivity contribution in [2.75, 3.05) is 17.3 Å². The van der Waals surface area contributed by atoms with Gasteiger partial charge >= 0.3 is 6.36 Å². The van der Waals surface area contributed by atoms with E-state index in [2.05, 4.69) is 15.0 Å². The van der Waals surface area contributed by atoms with Crippen LogP contribution < -0.4 is 15.0 Å². The van der Waals surface area contributed by atoms with Gasteiger partial charge in [0, 0.05) is 18.0 Å². The number of hydrogen-bond acceptors (Lipinski definition) is 5. The summed E-state index contributed by atoms with van der Waals surface area (Å²) < 4.78 is 41.1. The first-order valence-electron chi connectivity index (χ1n) is 10.3. The zero-order valence-electron chi connectivity index (χ0n) is 18.5. The van der Waals surface area contributed by atoms with E-state index in [9.17, 15) is 22.8 Å². The van der Waals surface area contributed by atoms with E-state index in [1.165, 1.54) is 46.7 Å². The lowest BCUT2D eigenvalue weighted by molar-refractivity contribution is -0.274. The van der Waals surface area contributed by atoms with Gasteiger partial charge in [0.05, 0.1) is 17.4 Å². The van der Waals surface area contributed by atoms with Gasteiger partial charge in [-0.2, -0.15) is 0 Å². The maximum Gasteiger partial charge on any atom is 0.573 e. The Hall–Kier alpha value is -3.89. The molecule has 0 saturated heterocycles. The lowest BCUT2D eigenvalue weighted by Gasteiger charge is -2.18. The van der Waals surface area contributed by atoms with E-state index in [4.69, 9.17) is 11.6 Å². The molecular formula is C25H17ClF3N3O3S. The molecule has 11 heteroatoms. The van der Waals surface area contributed by atoms with Crippen molar-refractivity contribution < 1.29 is 27.5 Å². The van der Waals surface area contributed by atoms with E-state index in [0.717, 1.165) is 11.1 Å². The Morgan fingerprint density at radius 2 is 1.64 bits per heavy atom. The van der Waals surface area contributed by atoms with E-state index in [1.54, 1.807) is 48.8 Å². The molecule has 2 aromatic carbocycles. The molecule has 2 amide bonds. The summed E-state index contributed by atoms with van der Waals surface area (Å²) >= 11 is 7.06. The number of nitrogens with one attached hydrogen (secondary N) is 1. The Morgan fingerprint density at radius 3 is 2.19 bits per heavy atom. The third kappa shape index (κ3) is 5.67. The maximum atomic E-state index is 13.4. The van der Waals surface area contributed by atoms with Gasteiger partial charge in [0.2, 0.25) is 6.41 Å². The van der Waals surface area contributed by atoms with Crippen LogP contribution in [0.3, 0.4) is 0 Å². The number of carbonyl (C=O) groups is 2. The van der Waals surface area contributed by atoms with Crippen LogP contribution in [0.15, 0.2) is 72.2 Å². The average Bonchev–Trinajstić information content (AvgIpc) is 3.27. The number of pyridine rings is 1. The molecule has 4 aromatic rings. The van der Waals surface area contributed by atoms with Crippen molar-refractivity contribution in [3.8, 4) is 28.0 Å². The summed E-state index contributed by atoms with van der Waals surface area (Å²) in [7, 11) is 1.59. The second kappa shape index (κ2) is 10.4. The van der Waals surface area contributed by atoms with Crippen LogP contribution in [0.2, 0.25) is 5.15 Å². The number of rotatable bonds is 7. The molecule has 184 valence electrons. The number of benzene rings is 2. The largest absolute Gasteiger partial charge is 0.573 e. The molecule has 0 aliphatic rings. The van der Waals surface area contributed by atoms with E-state index in [-0.39, 0.29) is 11.7 Å². The number of carbonyl (C=O) groups excluding carboxylic acids is 2. The second-order valence-corrected chi connectivity index (χ2v) is 8.74. The second-order valence-electron chi connectivity index (χ2n) is 7.47. The van der Waals surface area contributed by atoms with Gasteiger partial charge in [0.1, 0.15) is 15.9 Å². The average molecular weight is 532 g/mol. The van der Waals surface area contributed by atoms with Crippen LogP contribution in [0.1, 0.15) is 10.4 Å². The van der Waals surface area contributed by atoms with Crippen LogP contribution >= 0.6 is 22.9 Å². The Labute approximate surface area is 212 Å². The van der Waals surface area contributed by atoms with Crippen LogP contribution in [-0.4, -0.2) is 30.7 Å². The third-order valence-corrected chi connectivity index (χ3v) is 6.35. The summed E-state index contributed by atoms with van der Waals surface area (Å²) in [5.41, 5.74) is 3.62. The fourth-order valence-corrected chi connectivity index (χ4v) is 4.52. The quantitative estimate of drug-likeness (QED) is 0.208. The molecule has 4 rings (SSSR count). The topological polar surface area (TPSA) is 71.5 Å². The molecule has 2 aromatic heterocycles. The molecule has 0 spiro atoms. The van der Waals surface area contributed by atoms with Gasteiger partial charge in [-0.3, -0.25) is 9.59 Å². The first-order valence-corrected chi connectivity index (χ1v) is 11.6. The summed E-state index contributed by atoms with van der Waals surface area (Å²) in [6, 6.07) is 15.9. The predicted octanol–water partition coefficient (Wildman–Crippen LogP) is 6.87. The third-order valence-electron chi connectivity index (χ3n) is 5.22. The molecule has 0 aliphatic carbocycles. The van der Waals surface area contributed by atoms with Crippen molar-refractivity contribution >= 4 is 45.9 Å². The van der Waals surface area contributed by atoms with Crippen molar-refractivity contribution in [1.29, 1.82) is 0 Å². The number of aromatic nitrogens is 1. The number of anilines is 2. The van der Waals surface area contributed by atoms with Gasteiger partial charge in [-0.15, -0.1) is 24.5 Å². The Kier molecular flexibility index (Phi) is 7.27. The zero-order valence-corrected chi connectivity index (χ0v) is 20.1. The fraction of sp³-hybridized carbons (Fsp3) is 0.0800. The molecule has 0 radical (unpaired) electrons. The van der Waals surface area contributed by atoms with Crippen LogP contribution in [-0.2, 0) is 4.79 Å². The normalized spacial score (nSPS) is 11.1. The van der Waals surface area contributed by atoms with Crippen molar-refractivity contribution in [3.63, 3.8) is 0 Å². The SMILES string of the molecule is CN(C(=O)c1c(-c2ccc(-c3ccc(OC(F)(F)F)cc3)cc2)csc1NC=O)c1ccc(Cl)nc1. The van der Waals surface area contributed by atoms with Crippen molar-refractivity contribution in [2.24, 2.45) is 0 Å². The van der Waals surface area contributed by atoms with Gasteiger partial charge < -0.3 is 15.0 Å². The summed E-state index contributed by atoms with van der Waals surface area (Å²) in [6.07, 6.45) is -2.78. The Balaban J connectivity index is 1.63. The highest BCUT2D eigenvalue weighted by Gasteiger charge is 2.31. The molecule has 0 saturated carbocycles. The predicted molar refractivity (Wildman–Crippen MR) is 134 cm³/mol. The molecule has 0 aliphatic heterocycles. The Morgan fingerprint density at radius 1 is 1.03 bits per heavy atom. The van der Waals surface area contributed by atoms with Crippen LogP contribution in [0.5, 0.6) is 5.75 Å². The number of thiophene rings is 1. The van der Waals surface area contributed by atoms with E-state index in [0.29, 0.717) is 38.9 Å². The van der Waals surface area contributed by atoms with Gasteiger partial charge in [-0.05, 0) is 41.0 Å². The molecule has 0 atom stereocenters. The molecule has 0 bridgehead atoms. The minimum absolute atomic E-state index is 0.293.